The van der Waals surface area contributed by atoms with Gasteiger partial charge in [-0.15, -0.1) is 0 Å². The Morgan fingerprint density at radius 3 is 2.56 bits per heavy atom. The van der Waals surface area contributed by atoms with Crippen LogP contribution in [0.1, 0.15) is 37.2 Å². The van der Waals surface area contributed by atoms with Gasteiger partial charge in [-0.2, -0.15) is 0 Å². The minimum Gasteiger partial charge on any atom is -0.395 e. The van der Waals surface area contributed by atoms with E-state index in [2.05, 4.69) is 4.98 Å². The van der Waals surface area contributed by atoms with Gasteiger partial charge in [-0.1, -0.05) is 19.9 Å². The number of H-pyrrole nitrogens is 1. The van der Waals surface area contributed by atoms with Crippen molar-refractivity contribution in [1.82, 2.24) is 9.88 Å². The summed E-state index contributed by atoms with van der Waals surface area (Å²) in [5, 5.41) is 9.06. The van der Waals surface area contributed by atoms with E-state index in [4.69, 9.17) is 5.11 Å². The average molecular weight is 252 g/mol. The van der Waals surface area contributed by atoms with E-state index in [0.717, 1.165) is 12.8 Å². The standard InChI is InChI=1S/C13H20N2O3/c1-3-10(4-2)15(8-9-16)13(18)11-6-5-7-12(17)14-11/h5-7,10,16H,3-4,8-9H2,1-2H3,(H,14,17). The van der Waals surface area contributed by atoms with Crippen LogP contribution in [-0.2, 0) is 0 Å². The molecule has 0 aromatic carbocycles. The van der Waals surface area contributed by atoms with Crippen LogP contribution in [0.4, 0.5) is 0 Å². The molecule has 0 aliphatic rings. The van der Waals surface area contributed by atoms with Crippen molar-refractivity contribution in [1.29, 1.82) is 0 Å². The first-order chi connectivity index (χ1) is 8.63. The summed E-state index contributed by atoms with van der Waals surface area (Å²) < 4.78 is 0. The van der Waals surface area contributed by atoms with Crippen LogP contribution in [0.5, 0.6) is 0 Å². The molecular formula is C13H20N2O3. The van der Waals surface area contributed by atoms with E-state index in [1.807, 2.05) is 13.8 Å². The molecule has 0 saturated carbocycles. The van der Waals surface area contributed by atoms with Crippen LogP contribution in [0, 0.1) is 0 Å². The molecule has 0 atom stereocenters. The Hall–Kier alpha value is -1.62. The third-order valence-corrected chi connectivity index (χ3v) is 2.98. The molecule has 5 heteroatoms. The lowest BCUT2D eigenvalue weighted by Crippen LogP contribution is -2.42. The van der Waals surface area contributed by atoms with Crippen molar-refractivity contribution in [2.75, 3.05) is 13.2 Å². The first-order valence-electron chi connectivity index (χ1n) is 6.25. The molecule has 0 aliphatic carbocycles. The fraction of sp³-hybridized carbons (Fsp3) is 0.538. The highest BCUT2D eigenvalue weighted by Crippen LogP contribution is 2.11. The van der Waals surface area contributed by atoms with Crippen molar-refractivity contribution in [3.63, 3.8) is 0 Å². The monoisotopic (exact) mass is 252 g/mol. The maximum atomic E-state index is 12.3. The molecule has 0 radical (unpaired) electrons. The van der Waals surface area contributed by atoms with Gasteiger partial charge < -0.3 is 15.0 Å². The van der Waals surface area contributed by atoms with Crippen LogP contribution in [0.25, 0.3) is 0 Å². The summed E-state index contributed by atoms with van der Waals surface area (Å²) in [5.41, 5.74) is -0.0304. The molecule has 1 amide bonds. The molecule has 0 aliphatic heterocycles. The molecule has 0 spiro atoms. The zero-order valence-electron chi connectivity index (χ0n) is 10.8. The summed E-state index contributed by atoms with van der Waals surface area (Å²) in [5.74, 6) is -0.240. The lowest BCUT2D eigenvalue weighted by Gasteiger charge is -2.29. The van der Waals surface area contributed by atoms with Crippen LogP contribution in [0.2, 0.25) is 0 Å². The first kappa shape index (κ1) is 14.4. The molecule has 0 unspecified atom stereocenters. The minimum absolute atomic E-state index is 0.0772. The lowest BCUT2D eigenvalue weighted by atomic mass is 10.1. The Bertz CT molecular complexity index is 438. The van der Waals surface area contributed by atoms with Crippen molar-refractivity contribution in [2.45, 2.75) is 32.7 Å². The number of hydrogen-bond acceptors (Lipinski definition) is 3. The second kappa shape index (κ2) is 6.96. The normalized spacial score (nSPS) is 10.7. The Kier molecular flexibility index (Phi) is 5.58. The number of aliphatic hydroxyl groups is 1. The number of aromatic nitrogens is 1. The molecule has 1 aromatic rings. The van der Waals surface area contributed by atoms with E-state index in [0.29, 0.717) is 0 Å². The Labute approximate surface area is 106 Å². The summed E-state index contributed by atoms with van der Waals surface area (Å²) in [6.07, 6.45) is 1.64. The van der Waals surface area contributed by atoms with E-state index in [9.17, 15) is 9.59 Å². The SMILES string of the molecule is CCC(CC)N(CCO)C(=O)c1cccc(=O)[nH]1. The molecule has 1 aromatic heterocycles. The van der Waals surface area contributed by atoms with Crippen molar-refractivity contribution < 1.29 is 9.90 Å². The van der Waals surface area contributed by atoms with Crippen LogP contribution in [-0.4, -0.2) is 40.1 Å². The number of carbonyl (C=O) groups excluding carboxylic acids is 1. The summed E-state index contributed by atoms with van der Waals surface area (Å²) in [7, 11) is 0. The zero-order valence-corrected chi connectivity index (χ0v) is 10.8. The van der Waals surface area contributed by atoms with Gasteiger partial charge in [-0.05, 0) is 18.9 Å². The van der Waals surface area contributed by atoms with Crippen molar-refractivity contribution in [3.05, 3.63) is 34.2 Å². The molecule has 0 bridgehead atoms. The summed E-state index contributed by atoms with van der Waals surface area (Å²) in [4.78, 5) is 27.6. The number of nitrogens with one attached hydrogen (secondary N) is 1. The van der Waals surface area contributed by atoms with E-state index >= 15 is 0 Å². The summed E-state index contributed by atoms with van der Waals surface area (Å²) in [6, 6.07) is 4.57. The molecule has 1 heterocycles. The second-order valence-corrected chi connectivity index (χ2v) is 4.12. The van der Waals surface area contributed by atoms with E-state index in [1.165, 1.54) is 6.07 Å². The van der Waals surface area contributed by atoms with Gasteiger partial charge in [-0.25, -0.2) is 0 Å². The van der Waals surface area contributed by atoms with Gasteiger partial charge in [-0.3, -0.25) is 9.59 Å². The number of pyridine rings is 1. The number of nitrogens with zero attached hydrogens (tertiary/aromatic N) is 1. The topological polar surface area (TPSA) is 73.4 Å². The van der Waals surface area contributed by atoms with Crippen molar-refractivity contribution in [2.24, 2.45) is 0 Å². The number of rotatable bonds is 6. The predicted octanol–water partition coefficient (Wildman–Crippen LogP) is 0.998. The highest BCUT2D eigenvalue weighted by Gasteiger charge is 2.22. The maximum Gasteiger partial charge on any atom is 0.270 e. The largest absolute Gasteiger partial charge is 0.395 e. The van der Waals surface area contributed by atoms with Crippen LogP contribution in [0.3, 0.4) is 0 Å². The van der Waals surface area contributed by atoms with Crippen LogP contribution >= 0.6 is 0 Å². The number of amides is 1. The molecule has 2 N–H and O–H groups in total. The zero-order chi connectivity index (χ0) is 13.5. The number of carbonyl (C=O) groups is 1. The Morgan fingerprint density at radius 1 is 1.39 bits per heavy atom. The van der Waals surface area contributed by atoms with Gasteiger partial charge in [0.15, 0.2) is 0 Å². The van der Waals surface area contributed by atoms with E-state index < -0.39 is 0 Å². The maximum absolute atomic E-state index is 12.3. The lowest BCUT2D eigenvalue weighted by molar-refractivity contribution is 0.0616. The fourth-order valence-electron chi connectivity index (χ4n) is 2.01. The van der Waals surface area contributed by atoms with Gasteiger partial charge in [0.2, 0.25) is 5.56 Å². The van der Waals surface area contributed by atoms with Gasteiger partial charge in [0, 0.05) is 18.7 Å². The van der Waals surface area contributed by atoms with Gasteiger partial charge in [0.1, 0.15) is 5.69 Å². The summed E-state index contributed by atoms with van der Waals surface area (Å²) in [6.45, 7) is 4.19. The molecular weight excluding hydrogens is 232 g/mol. The Morgan fingerprint density at radius 2 is 2.06 bits per heavy atom. The molecule has 5 nitrogen and oxygen atoms in total. The minimum atomic E-state index is -0.297. The fourth-order valence-corrected chi connectivity index (χ4v) is 2.01. The van der Waals surface area contributed by atoms with E-state index in [1.54, 1.807) is 17.0 Å². The number of aromatic amines is 1. The van der Waals surface area contributed by atoms with Gasteiger partial charge >= 0.3 is 0 Å². The third kappa shape index (κ3) is 3.43. The molecule has 1 rings (SSSR count). The predicted molar refractivity (Wildman–Crippen MR) is 69.6 cm³/mol. The highest BCUT2D eigenvalue weighted by atomic mass is 16.3. The second-order valence-electron chi connectivity index (χ2n) is 4.12. The molecule has 18 heavy (non-hydrogen) atoms. The van der Waals surface area contributed by atoms with Crippen LogP contribution in [0.15, 0.2) is 23.0 Å². The van der Waals surface area contributed by atoms with E-state index in [-0.39, 0.29) is 36.4 Å². The quantitative estimate of drug-likeness (QED) is 0.793. The molecule has 0 fully saturated rings. The number of aliphatic hydroxyl groups excluding tert-OH is 1. The average Bonchev–Trinajstić information content (AvgIpc) is 2.38. The highest BCUT2D eigenvalue weighted by molar-refractivity contribution is 5.92. The van der Waals surface area contributed by atoms with Gasteiger partial charge in [0.25, 0.3) is 5.91 Å². The third-order valence-electron chi connectivity index (χ3n) is 2.98. The number of hydrogen-bond donors (Lipinski definition) is 2. The van der Waals surface area contributed by atoms with Crippen molar-refractivity contribution >= 4 is 5.91 Å². The molecule has 100 valence electrons. The van der Waals surface area contributed by atoms with Crippen LogP contribution < -0.4 is 5.56 Å². The van der Waals surface area contributed by atoms with Gasteiger partial charge in [0.05, 0.1) is 6.61 Å². The Balaban J connectivity index is 2.98. The summed E-state index contributed by atoms with van der Waals surface area (Å²) >= 11 is 0. The first-order valence-corrected chi connectivity index (χ1v) is 6.25. The molecule has 0 saturated heterocycles. The smallest absolute Gasteiger partial charge is 0.270 e. The van der Waals surface area contributed by atoms with Crippen molar-refractivity contribution in [3.8, 4) is 0 Å².